The molecule has 73 heavy (non-hydrogen) atoms. The summed E-state index contributed by atoms with van der Waals surface area (Å²) in [6.07, 6.45) is 0.788. The molecule has 0 atom stereocenters. The third kappa shape index (κ3) is 9.31. The lowest BCUT2D eigenvalue weighted by molar-refractivity contribution is 0.0624. The minimum atomic E-state index is -0.759. The van der Waals surface area contributed by atoms with Gasteiger partial charge in [0.2, 0.25) is 0 Å². The van der Waals surface area contributed by atoms with Crippen LogP contribution in [0.5, 0.6) is 23.0 Å². The number of nitrogens with zero attached hydrogens (tertiary/aromatic N) is 6. The van der Waals surface area contributed by atoms with Crippen LogP contribution in [-0.2, 0) is 13.1 Å². The van der Waals surface area contributed by atoms with Crippen molar-refractivity contribution in [1.29, 1.82) is 0 Å². The first-order chi connectivity index (χ1) is 35.1. The van der Waals surface area contributed by atoms with Crippen molar-refractivity contribution in [2.75, 3.05) is 28.2 Å². The molecule has 0 aliphatic carbocycles. The third-order valence-corrected chi connectivity index (χ3v) is 11.9. The number of pyridine rings is 2. The lowest BCUT2D eigenvalue weighted by Gasteiger charge is -2.23. The molecule has 0 saturated heterocycles. The van der Waals surface area contributed by atoms with Crippen molar-refractivity contribution < 1.29 is 56.9 Å². The van der Waals surface area contributed by atoms with E-state index in [1.165, 1.54) is 105 Å². The van der Waals surface area contributed by atoms with Crippen molar-refractivity contribution in [3.05, 3.63) is 202 Å². The number of carbonyl (C=O) groups is 6. The molecule has 6 aromatic carbocycles. The number of phenols is 1. The minimum Gasteiger partial charge on any atom is -0.505 e. The number of benzene rings is 6. The quantitative estimate of drug-likeness (QED) is 0.128. The maximum Gasteiger partial charge on any atom is 0.414 e. The van der Waals surface area contributed by atoms with Gasteiger partial charge in [0, 0.05) is 51.4 Å². The summed E-state index contributed by atoms with van der Waals surface area (Å²) in [6, 6.07) is 36.2. The van der Waals surface area contributed by atoms with Crippen LogP contribution in [0.25, 0.3) is 21.8 Å². The average molecular weight is 985 g/mol. The molecule has 18 heteroatoms. The highest BCUT2D eigenvalue weighted by atomic mass is 19.1. The van der Waals surface area contributed by atoms with E-state index in [1.807, 2.05) is 60.7 Å². The molecule has 4 heterocycles. The molecule has 0 fully saturated rings. The summed E-state index contributed by atoms with van der Waals surface area (Å²) in [6.45, 7) is -0.269. The number of aromatic hydroxyl groups is 1. The van der Waals surface area contributed by atoms with E-state index < -0.39 is 59.3 Å². The molecule has 16 nitrogen and oxygen atoms in total. The molecule has 10 rings (SSSR count). The summed E-state index contributed by atoms with van der Waals surface area (Å²) in [5.74, 6) is -4.30. The largest absolute Gasteiger partial charge is 0.505 e. The Bertz CT molecular complexity index is 3470. The van der Waals surface area contributed by atoms with Crippen LogP contribution in [-0.4, -0.2) is 98.7 Å². The van der Waals surface area contributed by atoms with Crippen LogP contribution in [0.4, 0.5) is 18.4 Å². The van der Waals surface area contributed by atoms with Gasteiger partial charge in [-0.2, -0.15) is 0 Å². The van der Waals surface area contributed by atoms with Crippen molar-refractivity contribution >= 4 is 57.6 Å². The molecule has 1 N–H and O–H groups in total. The second-order valence-corrected chi connectivity index (χ2v) is 17.1. The number of ether oxygens (including phenoxy) is 3. The fraction of sp³-hybridized carbons (Fsp3) is 0.127. The molecule has 8 aromatic rings. The van der Waals surface area contributed by atoms with Crippen LogP contribution < -0.4 is 14.2 Å². The Morgan fingerprint density at radius 1 is 0.521 bits per heavy atom. The molecule has 2 aliphatic heterocycles. The van der Waals surface area contributed by atoms with Gasteiger partial charge in [0.25, 0.3) is 23.6 Å². The molecule has 6 amide bonds. The van der Waals surface area contributed by atoms with Crippen molar-refractivity contribution in [3.8, 4) is 23.0 Å². The number of amides is 6. The molecule has 0 spiro atoms. The Hall–Kier alpha value is -9.58. The van der Waals surface area contributed by atoms with Crippen LogP contribution in [0.1, 0.15) is 69.8 Å². The molecule has 0 bridgehead atoms. The second kappa shape index (κ2) is 20.0. The Morgan fingerprint density at radius 3 is 1.34 bits per heavy atom. The number of hydrogen-bond donors (Lipinski definition) is 1. The van der Waals surface area contributed by atoms with E-state index in [-0.39, 0.29) is 69.0 Å². The highest BCUT2D eigenvalue weighted by Crippen LogP contribution is 2.47. The van der Waals surface area contributed by atoms with E-state index in [0.29, 0.717) is 16.5 Å². The van der Waals surface area contributed by atoms with Gasteiger partial charge in [0.05, 0.1) is 13.1 Å². The van der Waals surface area contributed by atoms with E-state index in [2.05, 4.69) is 9.97 Å². The fourth-order valence-electron chi connectivity index (χ4n) is 8.27. The van der Waals surface area contributed by atoms with Crippen LogP contribution in [0.15, 0.2) is 146 Å². The summed E-state index contributed by atoms with van der Waals surface area (Å²) in [7, 11) is 5.96. The molecule has 2 aliphatic rings. The SMILES string of the molecule is CN(C)C(=O)Oc1c2c(c(O)c3ncccc13)C(=O)N(Cc1ccc(F)cc1)C2=O.CN(C)C(=O)Oc1c2c(c(OC(c3ccccc3)c3ccccc3)c3ncccc13)C(=O)N(Cc1ccc(F)cc1)C2=O. The summed E-state index contributed by atoms with van der Waals surface area (Å²) in [4.78, 5) is 92.2. The predicted octanol–water partition coefficient (Wildman–Crippen LogP) is 9.34. The molecular weight excluding hydrogens is 943 g/mol. The summed E-state index contributed by atoms with van der Waals surface area (Å²) >= 11 is 0. The zero-order chi connectivity index (χ0) is 51.7. The standard InChI is InChI=1S/C34H26FN3O5.C21H16FN3O5/c1-37(2)34(41)43-30-25-14-9-19-36-28(25)31(42-29(22-10-5-3-6-11-22)23-12-7-4-8-13-23)27-26(30)32(39)38(33(27)40)20-21-15-17-24(35)18-16-21;1-24(2)21(29)30-18-13-4-3-9-23-16(13)17(26)14-15(18)20(28)25(19(14)27)10-11-5-7-12(22)8-6-11/h3-19,29H,20H2,1-2H3;3-9,26H,10H2,1-2H3. The van der Waals surface area contributed by atoms with Crippen molar-refractivity contribution in [3.63, 3.8) is 0 Å². The van der Waals surface area contributed by atoms with E-state index in [1.54, 1.807) is 18.2 Å². The number of phenolic OH excluding ortho intramolecular Hbond substituents is 1. The molecule has 2 aromatic heterocycles. The molecule has 0 saturated carbocycles. The number of fused-ring (bicyclic) bond motifs is 4. The fourth-order valence-corrected chi connectivity index (χ4v) is 8.27. The predicted molar refractivity (Wildman–Crippen MR) is 261 cm³/mol. The topological polar surface area (TPSA) is 189 Å². The number of aromatic nitrogens is 2. The summed E-state index contributed by atoms with van der Waals surface area (Å²) < 4.78 is 44.6. The monoisotopic (exact) mass is 984 g/mol. The van der Waals surface area contributed by atoms with Gasteiger partial charge in [-0.3, -0.25) is 38.9 Å². The van der Waals surface area contributed by atoms with Crippen LogP contribution >= 0.6 is 0 Å². The number of halogens is 2. The van der Waals surface area contributed by atoms with Crippen molar-refractivity contribution in [2.24, 2.45) is 0 Å². The lowest BCUT2D eigenvalue weighted by atomic mass is 9.99. The maximum absolute atomic E-state index is 14.1. The van der Waals surface area contributed by atoms with Gasteiger partial charge in [-0.05, 0) is 70.8 Å². The van der Waals surface area contributed by atoms with Crippen LogP contribution in [0.3, 0.4) is 0 Å². The van der Waals surface area contributed by atoms with Gasteiger partial charge in [-0.25, -0.2) is 18.4 Å². The van der Waals surface area contributed by atoms with Crippen LogP contribution in [0, 0.1) is 11.6 Å². The van der Waals surface area contributed by atoms with Gasteiger partial charge in [-0.15, -0.1) is 0 Å². The zero-order valence-electron chi connectivity index (χ0n) is 39.4. The van der Waals surface area contributed by atoms with E-state index in [4.69, 9.17) is 14.2 Å². The zero-order valence-corrected chi connectivity index (χ0v) is 39.4. The molecule has 366 valence electrons. The number of hydrogen-bond acceptors (Lipinski definition) is 12. The Balaban J connectivity index is 0.000000192. The highest BCUT2D eigenvalue weighted by Gasteiger charge is 2.45. The second-order valence-electron chi connectivity index (χ2n) is 17.1. The van der Waals surface area contributed by atoms with Gasteiger partial charge in [0.1, 0.15) is 51.0 Å². The average Bonchev–Trinajstić information content (AvgIpc) is 3.80. The Kier molecular flexibility index (Phi) is 13.3. The first-order valence-electron chi connectivity index (χ1n) is 22.5. The number of rotatable bonds is 10. The first-order valence-corrected chi connectivity index (χ1v) is 22.5. The number of carbonyl (C=O) groups excluding carboxylic acids is 6. The lowest BCUT2D eigenvalue weighted by Crippen LogP contribution is -2.29. The maximum atomic E-state index is 14.1. The third-order valence-electron chi connectivity index (χ3n) is 11.9. The Labute approximate surface area is 415 Å². The summed E-state index contributed by atoms with van der Waals surface area (Å²) in [5.41, 5.74) is 2.31. The Morgan fingerprint density at radius 2 is 0.904 bits per heavy atom. The molecule has 0 radical (unpaired) electrons. The van der Waals surface area contributed by atoms with Gasteiger partial charge in [0.15, 0.2) is 23.0 Å². The smallest absolute Gasteiger partial charge is 0.414 e. The number of imide groups is 2. The van der Waals surface area contributed by atoms with Gasteiger partial charge >= 0.3 is 12.2 Å². The normalized spacial score (nSPS) is 12.7. The summed E-state index contributed by atoms with van der Waals surface area (Å²) in [5, 5.41) is 11.2. The van der Waals surface area contributed by atoms with Crippen molar-refractivity contribution in [1.82, 2.24) is 29.6 Å². The molecule has 0 unspecified atom stereocenters. The van der Waals surface area contributed by atoms with Gasteiger partial charge < -0.3 is 29.1 Å². The first kappa shape index (κ1) is 48.4. The highest BCUT2D eigenvalue weighted by molar-refractivity contribution is 6.28. The van der Waals surface area contributed by atoms with Gasteiger partial charge in [-0.1, -0.05) is 84.9 Å². The van der Waals surface area contributed by atoms with E-state index in [9.17, 15) is 42.7 Å². The van der Waals surface area contributed by atoms with Crippen LogP contribution in [0.2, 0.25) is 0 Å². The van der Waals surface area contributed by atoms with E-state index in [0.717, 1.165) is 20.9 Å². The van der Waals surface area contributed by atoms with E-state index >= 15 is 0 Å². The minimum absolute atomic E-state index is 0.0302. The molecular formula is C55H42F2N6O10. The van der Waals surface area contributed by atoms with Crippen molar-refractivity contribution in [2.45, 2.75) is 19.2 Å².